The Hall–Kier alpha value is -0.850. The molecule has 90 valence electrons. The summed E-state index contributed by atoms with van der Waals surface area (Å²) in [5.41, 5.74) is 0.928. The second-order valence-corrected chi connectivity index (χ2v) is 5.27. The highest BCUT2D eigenvalue weighted by molar-refractivity contribution is 9.10. The normalized spacial score (nSPS) is 12.6. The second kappa shape index (κ2) is 5.66. The number of rotatable bonds is 4. The van der Waals surface area contributed by atoms with E-state index in [-0.39, 0.29) is 11.9 Å². The first-order valence-electron chi connectivity index (χ1n) is 5.09. The molecule has 0 amide bonds. The zero-order valence-corrected chi connectivity index (χ0v) is 11.6. The SMILES string of the molecule is CNC(Cc1cc(F)ccc1Br)c1cnns1. The molecule has 1 atom stereocenters. The molecule has 1 heterocycles. The fourth-order valence-corrected chi connectivity index (χ4v) is 2.61. The van der Waals surface area contributed by atoms with Gasteiger partial charge in [-0.05, 0) is 48.8 Å². The second-order valence-electron chi connectivity index (χ2n) is 3.60. The molecule has 0 bridgehead atoms. The van der Waals surface area contributed by atoms with E-state index >= 15 is 0 Å². The van der Waals surface area contributed by atoms with Crippen LogP contribution in [0.25, 0.3) is 0 Å². The third-order valence-electron chi connectivity index (χ3n) is 2.50. The molecular weight excluding hydrogens is 305 g/mol. The number of likely N-dealkylation sites (N-methyl/N-ethyl adjacent to an activating group) is 1. The molecule has 1 N–H and O–H groups in total. The van der Waals surface area contributed by atoms with Crippen LogP contribution < -0.4 is 5.32 Å². The van der Waals surface area contributed by atoms with E-state index in [9.17, 15) is 4.39 Å². The lowest BCUT2D eigenvalue weighted by molar-refractivity contribution is 0.590. The number of halogens is 2. The third kappa shape index (κ3) is 3.08. The van der Waals surface area contributed by atoms with Crippen LogP contribution in [0.5, 0.6) is 0 Å². The van der Waals surface area contributed by atoms with Crippen molar-refractivity contribution in [2.24, 2.45) is 0 Å². The van der Waals surface area contributed by atoms with E-state index in [2.05, 4.69) is 30.8 Å². The third-order valence-corrected chi connectivity index (χ3v) is 4.05. The molecule has 0 saturated heterocycles. The van der Waals surface area contributed by atoms with Crippen molar-refractivity contribution >= 4 is 27.5 Å². The number of hydrogen-bond donors (Lipinski definition) is 1. The molecule has 3 nitrogen and oxygen atoms in total. The van der Waals surface area contributed by atoms with E-state index in [0.29, 0.717) is 6.42 Å². The summed E-state index contributed by atoms with van der Waals surface area (Å²) in [6.45, 7) is 0. The van der Waals surface area contributed by atoms with E-state index in [1.165, 1.54) is 17.6 Å². The van der Waals surface area contributed by atoms with Crippen molar-refractivity contribution in [2.45, 2.75) is 12.5 Å². The van der Waals surface area contributed by atoms with Gasteiger partial charge >= 0.3 is 0 Å². The summed E-state index contributed by atoms with van der Waals surface area (Å²) in [6, 6.07) is 4.81. The number of aromatic nitrogens is 2. The summed E-state index contributed by atoms with van der Waals surface area (Å²) in [4.78, 5) is 1.05. The molecule has 2 rings (SSSR count). The van der Waals surface area contributed by atoms with Gasteiger partial charge in [0.15, 0.2) is 0 Å². The first-order valence-corrected chi connectivity index (χ1v) is 6.66. The zero-order valence-electron chi connectivity index (χ0n) is 9.15. The highest BCUT2D eigenvalue weighted by Gasteiger charge is 2.14. The Morgan fingerprint density at radius 1 is 1.53 bits per heavy atom. The molecule has 0 spiro atoms. The van der Waals surface area contributed by atoms with Crippen molar-refractivity contribution in [3.63, 3.8) is 0 Å². The maximum absolute atomic E-state index is 13.2. The van der Waals surface area contributed by atoms with Crippen molar-refractivity contribution in [1.82, 2.24) is 14.9 Å². The molecule has 1 unspecified atom stereocenters. The average Bonchev–Trinajstić information content (AvgIpc) is 2.84. The molecule has 0 aliphatic carbocycles. The van der Waals surface area contributed by atoms with Crippen molar-refractivity contribution < 1.29 is 4.39 Å². The molecule has 1 aromatic heterocycles. The molecule has 0 aliphatic rings. The lowest BCUT2D eigenvalue weighted by Gasteiger charge is -2.14. The molecule has 0 saturated carbocycles. The first-order chi connectivity index (χ1) is 8.20. The monoisotopic (exact) mass is 315 g/mol. The molecule has 0 aliphatic heterocycles. The first kappa shape index (κ1) is 12.6. The van der Waals surface area contributed by atoms with Gasteiger partial charge in [-0.15, -0.1) is 5.10 Å². The Labute approximate surface area is 111 Å². The van der Waals surface area contributed by atoms with Crippen LogP contribution in [0, 0.1) is 5.82 Å². The van der Waals surface area contributed by atoms with Gasteiger partial charge in [-0.25, -0.2) is 4.39 Å². The summed E-state index contributed by atoms with van der Waals surface area (Å²) in [5, 5.41) is 7.00. The smallest absolute Gasteiger partial charge is 0.123 e. The maximum atomic E-state index is 13.2. The van der Waals surface area contributed by atoms with Gasteiger partial charge in [-0.3, -0.25) is 0 Å². The summed E-state index contributed by atoms with van der Waals surface area (Å²) in [5.74, 6) is -0.222. The Kier molecular flexibility index (Phi) is 4.20. The van der Waals surface area contributed by atoms with Gasteiger partial charge in [0, 0.05) is 10.5 Å². The Bertz CT molecular complexity index is 489. The average molecular weight is 316 g/mol. The lowest BCUT2D eigenvalue weighted by atomic mass is 10.1. The summed E-state index contributed by atoms with van der Waals surface area (Å²) >= 11 is 4.78. The van der Waals surface area contributed by atoms with E-state index in [1.54, 1.807) is 18.3 Å². The number of nitrogens with one attached hydrogen (secondary N) is 1. The minimum Gasteiger partial charge on any atom is -0.312 e. The summed E-state index contributed by atoms with van der Waals surface area (Å²) in [7, 11) is 1.87. The molecule has 1 aromatic carbocycles. The largest absolute Gasteiger partial charge is 0.312 e. The van der Waals surface area contributed by atoms with Crippen molar-refractivity contribution in [1.29, 1.82) is 0 Å². The highest BCUT2D eigenvalue weighted by atomic mass is 79.9. The standard InChI is InChI=1S/C11H11BrFN3S/c1-14-10(11-6-15-16-17-11)5-7-4-8(13)2-3-9(7)12/h2-4,6,10,14H,5H2,1H3. The van der Waals surface area contributed by atoms with Crippen LogP contribution in [0.3, 0.4) is 0 Å². The predicted octanol–water partition coefficient (Wildman–Crippen LogP) is 2.94. The van der Waals surface area contributed by atoms with Crippen LogP contribution in [0.4, 0.5) is 4.39 Å². The van der Waals surface area contributed by atoms with Gasteiger partial charge in [0.2, 0.25) is 0 Å². The van der Waals surface area contributed by atoms with Gasteiger partial charge in [-0.2, -0.15) is 0 Å². The maximum Gasteiger partial charge on any atom is 0.123 e. The van der Waals surface area contributed by atoms with E-state index in [4.69, 9.17) is 0 Å². The van der Waals surface area contributed by atoms with E-state index in [0.717, 1.165) is 14.9 Å². The molecule has 17 heavy (non-hydrogen) atoms. The van der Waals surface area contributed by atoms with Crippen LogP contribution in [0.15, 0.2) is 28.9 Å². The van der Waals surface area contributed by atoms with Crippen molar-refractivity contribution in [3.05, 3.63) is 45.1 Å². The zero-order chi connectivity index (χ0) is 12.3. The molecule has 6 heteroatoms. The van der Waals surface area contributed by atoms with Crippen LogP contribution in [-0.4, -0.2) is 16.6 Å². The van der Waals surface area contributed by atoms with Crippen LogP contribution in [0.1, 0.15) is 16.5 Å². The quantitative estimate of drug-likeness (QED) is 0.942. The molecular formula is C11H11BrFN3S. The Morgan fingerprint density at radius 2 is 2.35 bits per heavy atom. The van der Waals surface area contributed by atoms with Crippen LogP contribution in [-0.2, 0) is 6.42 Å². The van der Waals surface area contributed by atoms with Crippen molar-refractivity contribution in [3.8, 4) is 0 Å². The minimum atomic E-state index is -0.222. The van der Waals surface area contributed by atoms with Gasteiger partial charge < -0.3 is 5.32 Å². The molecule has 0 radical (unpaired) electrons. The van der Waals surface area contributed by atoms with Gasteiger partial charge in [0.1, 0.15) is 5.82 Å². The summed E-state index contributed by atoms with van der Waals surface area (Å²) in [6.07, 6.45) is 2.43. The number of hydrogen-bond acceptors (Lipinski definition) is 4. The predicted molar refractivity (Wildman–Crippen MR) is 69.5 cm³/mol. The van der Waals surface area contributed by atoms with Crippen LogP contribution >= 0.6 is 27.5 Å². The highest BCUT2D eigenvalue weighted by Crippen LogP contribution is 2.25. The van der Waals surface area contributed by atoms with Crippen molar-refractivity contribution in [2.75, 3.05) is 7.05 Å². The molecule has 2 aromatic rings. The van der Waals surface area contributed by atoms with Gasteiger partial charge in [0.25, 0.3) is 0 Å². The van der Waals surface area contributed by atoms with Gasteiger partial charge in [0.05, 0.1) is 11.1 Å². The summed E-state index contributed by atoms with van der Waals surface area (Å²) < 4.78 is 17.9. The van der Waals surface area contributed by atoms with E-state index < -0.39 is 0 Å². The fourth-order valence-electron chi connectivity index (χ4n) is 1.59. The van der Waals surface area contributed by atoms with Gasteiger partial charge in [-0.1, -0.05) is 20.4 Å². The van der Waals surface area contributed by atoms with Crippen LogP contribution in [0.2, 0.25) is 0 Å². The minimum absolute atomic E-state index is 0.105. The number of benzene rings is 1. The van der Waals surface area contributed by atoms with E-state index in [1.807, 2.05) is 7.05 Å². The Morgan fingerprint density at radius 3 is 3.00 bits per heavy atom. The fraction of sp³-hybridized carbons (Fsp3) is 0.273. The molecule has 0 fully saturated rings. The topological polar surface area (TPSA) is 37.8 Å². The Balaban J connectivity index is 2.21. The number of nitrogens with zero attached hydrogens (tertiary/aromatic N) is 2. The lowest BCUT2D eigenvalue weighted by Crippen LogP contribution is -2.18.